The summed E-state index contributed by atoms with van der Waals surface area (Å²) in [7, 11) is 0. The Morgan fingerprint density at radius 1 is 1.26 bits per heavy atom. The van der Waals surface area contributed by atoms with Crippen molar-refractivity contribution in [1.29, 1.82) is 0 Å². The number of hydrogen-bond donors (Lipinski definition) is 2. The van der Waals surface area contributed by atoms with Crippen molar-refractivity contribution in [3.8, 4) is 11.4 Å². The zero-order valence-electron chi connectivity index (χ0n) is 14.0. The molecular weight excluding hydrogens is 288 g/mol. The first kappa shape index (κ1) is 17.1. The molecule has 0 saturated heterocycles. The molecule has 0 unspecified atom stereocenters. The Kier molecular flexibility index (Phi) is 5.45. The molecule has 23 heavy (non-hydrogen) atoms. The molecule has 122 valence electrons. The van der Waals surface area contributed by atoms with Crippen molar-refractivity contribution in [3.05, 3.63) is 42.2 Å². The molecule has 1 aromatic heterocycles. The van der Waals surface area contributed by atoms with Crippen molar-refractivity contribution < 1.29 is 4.79 Å². The summed E-state index contributed by atoms with van der Waals surface area (Å²) in [6, 6.07) is 9.43. The van der Waals surface area contributed by atoms with Gasteiger partial charge >= 0.3 is 0 Å². The van der Waals surface area contributed by atoms with E-state index in [1.807, 2.05) is 51.1 Å². The number of nitrogens with two attached hydrogens (primary N) is 1. The van der Waals surface area contributed by atoms with Gasteiger partial charge in [0.1, 0.15) is 0 Å². The van der Waals surface area contributed by atoms with Crippen molar-refractivity contribution in [3.63, 3.8) is 0 Å². The quantitative estimate of drug-likeness (QED) is 0.858. The van der Waals surface area contributed by atoms with E-state index in [2.05, 4.69) is 15.3 Å². The molecule has 0 bridgehead atoms. The predicted octanol–water partition coefficient (Wildman–Crippen LogP) is 3.16. The van der Waals surface area contributed by atoms with E-state index >= 15 is 0 Å². The van der Waals surface area contributed by atoms with Crippen molar-refractivity contribution in [2.75, 3.05) is 11.9 Å². The molecule has 0 fully saturated rings. The average molecular weight is 312 g/mol. The van der Waals surface area contributed by atoms with Gasteiger partial charge in [-0.15, -0.1) is 0 Å². The second-order valence-corrected chi connectivity index (χ2v) is 5.75. The molecule has 2 rings (SSSR count). The molecular formula is C18H24N4O. The maximum atomic E-state index is 12.6. The van der Waals surface area contributed by atoms with E-state index in [9.17, 15) is 4.79 Å². The summed E-state index contributed by atoms with van der Waals surface area (Å²) in [5, 5.41) is 2.99. The van der Waals surface area contributed by atoms with Crippen LogP contribution in [0.1, 0.15) is 32.4 Å². The molecule has 1 heterocycles. The van der Waals surface area contributed by atoms with Crippen LogP contribution in [0.4, 0.5) is 5.69 Å². The molecule has 0 saturated carbocycles. The molecule has 2 aromatic rings. The van der Waals surface area contributed by atoms with Gasteiger partial charge in [-0.2, -0.15) is 0 Å². The summed E-state index contributed by atoms with van der Waals surface area (Å²) in [6.45, 7) is 6.25. The number of carbonyl (C=O) groups is 1. The highest BCUT2D eigenvalue weighted by Crippen LogP contribution is 2.28. The number of carbonyl (C=O) groups excluding carboxylic acids is 1. The molecule has 5 nitrogen and oxygen atoms in total. The van der Waals surface area contributed by atoms with Gasteiger partial charge < -0.3 is 11.1 Å². The van der Waals surface area contributed by atoms with Gasteiger partial charge in [-0.3, -0.25) is 4.79 Å². The maximum Gasteiger partial charge on any atom is 0.231 e. The average Bonchev–Trinajstić information content (AvgIpc) is 2.57. The SMILES string of the molecule is CCC(CC)(CN)C(=O)Nc1cccc(-c2nccc(C)n2)c1. The Hall–Kier alpha value is -2.27. The fourth-order valence-corrected chi connectivity index (χ4v) is 2.54. The van der Waals surface area contributed by atoms with Crippen LogP contribution >= 0.6 is 0 Å². The summed E-state index contributed by atoms with van der Waals surface area (Å²) in [4.78, 5) is 21.3. The van der Waals surface area contributed by atoms with E-state index in [0.717, 1.165) is 16.9 Å². The first-order chi connectivity index (χ1) is 11.0. The van der Waals surface area contributed by atoms with E-state index in [4.69, 9.17) is 5.73 Å². The fourth-order valence-electron chi connectivity index (χ4n) is 2.54. The van der Waals surface area contributed by atoms with Crippen molar-refractivity contribution in [2.24, 2.45) is 11.1 Å². The Labute approximate surface area is 137 Å². The highest BCUT2D eigenvalue weighted by atomic mass is 16.2. The third-order valence-corrected chi connectivity index (χ3v) is 4.40. The topological polar surface area (TPSA) is 80.9 Å². The van der Waals surface area contributed by atoms with E-state index < -0.39 is 5.41 Å². The zero-order valence-corrected chi connectivity index (χ0v) is 14.0. The number of aromatic nitrogens is 2. The number of anilines is 1. The van der Waals surface area contributed by atoms with Crippen LogP contribution in [0.3, 0.4) is 0 Å². The third-order valence-electron chi connectivity index (χ3n) is 4.40. The smallest absolute Gasteiger partial charge is 0.231 e. The van der Waals surface area contributed by atoms with Gasteiger partial charge in [0.05, 0.1) is 5.41 Å². The van der Waals surface area contributed by atoms with E-state index in [0.29, 0.717) is 25.2 Å². The number of rotatable bonds is 6. The van der Waals surface area contributed by atoms with Crippen LogP contribution in [-0.2, 0) is 4.79 Å². The lowest BCUT2D eigenvalue weighted by Gasteiger charge is -2.28. The van der Waals surface area contributed by atoms with Crippen LogP contribution in [0, 0.1) is 12.3 Å². The third kappa shape index (κ3) is 3.74. The van der Waals surface area contributed by atoms with E-state index in [1.54, 1.807) is 6.20 Å². The molecule has 0 atom stereocenters. The monoisotopic (exact) mass is 312 g/mol. The van der Waals surface area contributed by atoms with Gasteiger partial charge in [0.25, 0.3) is 0 Å². The van der Waals surface area contributed by atoms with Crippen LogP contribution in [0.2, 0.25) is 0 Å². The van der Waals surface area contributed by atoms with E-state index in [1.165, 1.54) is 0 Å². The van der Waals surface area contributed by atoms with Crippen molar-refractivity contribution >= 4 is 11.6 Å². The van der Waals surface area contributed by atoms with Gasteiger partial charge in [-0.05, 0) is 38.0 Å². The number of benzene rings is 1. The van der Waals surface area contributed by atoms with Crippen LogP contribution in [-0.4, -0.2) is 22.4 Å². The number of amides is 1. The van der Waals surface area contributed by atoms with E-state index in [-0.39, 0.29) is 5.91 Å². The molecule has 3 N–H and O–H groups in total. The van der Waals surface area contributed by atoms with Gasteiger partial charge in [0, 0.05) is 29.7 Å². The summed E-state index contributed by atoms with van der Waals surface area (Å²) >= 11 is 0. The first-order valence-electron chi connectivity index (χ1n) is 7.96. The highest BCUT2D eigenvalue weighted by Gasteiger charge is 2.33. The normalized spacial score (nSPS) is 11.3. The van der Waals surface area contributed by atoms with Gasteiger partial charge in [0.15, 0.2) is 5.82 Å². The lowest BCUT2D eigenvalue weighted by atomic mass is 9.81. The van der Waals surface area contributed by atoms with Gasteiger partial charge in [-0.25, -0.2) is 9.97 Å². The second kappa shape index (κ2) is 7.33. The lowest BCUT2D eigenvalue weighted by Crippen LogP contribution is -2.41. The fraction of sp³-hybridized carbons (Fsp3) is 0.389. The zero-order chi connectivity index (χ0) is 16.9. The van der Waals surface area contributed by atoms with Gasteiger partial charge in [-0.1, -0.05) is 26.0 Å². The standard InChI is InChI=1S/C18H24N4O/c1-4-18(5-2,12-19)17(23)22-15-8-6-7-14(11-15)16-20-10-9-13(3)21-16/h6-11H,4-5,12,19H2,1-3H3,(H,22,23). The minimum atomic E-state index is -0.518. The summed E-state index contributed by atoms with van der Waals surface area (Å²) in [5.41, 5.74) is 7.83. The lowest BCUT2D eigenvalue weighted by molar-refractivity contribution is -0.125. The van der Waals surface area contributed by atoms with Crippen LogP contribution in [0.5, 0.6) is 0 Å². The maximum absolute atomic E-state index is 12.6. The number of hydrogen-bond acceptors (Lipinski definition) is 4. The Balaban J connectivity index is 2.25. The summed E-state index contributed by atoms with van der Waals surface area (Å²) in [6.07, 6.45) is 3.16. The Morgan fingerprint density at radius 2 is 2.00 bits per heavy atom. The minimum Gasteiger partial charge on any atom is -0.329 e. The molecule has 1 aromatic carbocycles. The molecule has 0 spiro atoms. The van der Waals surface area contributed by atoms with Crippen LogP contribution < -0.4 is 11.1 Å². The summed E-state index contributed by atoms with van der Waals surface area (Å²) in [5.74, 6) is 0.615. The highest BCUT2D eigenvalue weighted by molar-refractivity contribution is 5.95. The van der Waals surface area contributed by atoms with Crippen molar-refractivity contribution in [1.82, 2.24) is 9.97 Å². The molecule has 0 aliphatic heterocycles. The molecule has 1 amide bonds. The largest absolute Gasteiger partial charge is 0.329 e. The number of nitrogens with zero attached hydrogens (tertiary/aromatic N) is 2. The van der Waals surface area contributed by atoms with Crippen LogP contribution in [0.15, 0.2) is 36.5 Å². The molecule has 0 aliphatic carbocycles. The van der Waals surface area contributed by atoms with Crippen LogP contribution in [0.25, 0.3) is 11.4 Å². The molecule has 0 aliphatic rings. The predicted molar refractivity (Wildman–Crippen MR) is 92.9 cm³/mol. The molecule has 5 heteroatoms. The minimum absolute atomic E-state index is 0.0349. The molecule has 0 radical (unpaired) electrons. The Bertz CT molecular complexity index is 672. The number of aryl methyl sites for hydroxylation is 1. The number of nitrogens with one attached hydrogen (secondary N) is 1. The van der Waals surface area contributed by atoms with Crippen molar-refractivity contribution in [2.45, 2.75) is 33.6 Å². The van der Waals surface area contributed by atoms with Gasteiger partial charge in [0.2, 0.25) is 5.91 Å². The first-order valence-corrected chi connectivity index (χ1v) is 7.96. The Morgan fingerprint density at radius 3 is 2.61 bits per heavy atom. The second-order valence-electron chi connectivity index (χ2n) is 5.75. The summed E-state index contributed by atoms with van der Waals surface area (Å²) < 4.78 is 0.